The first-order valence-corrected chi connectivity index (χ1v) is 6.91. The van der Waals surface area contributed by atoms with E-state index in [2.05, 4.69) is 12.2 Å². The smallest absolute Gasteiger partial charge is 0.227 e. The van der Waals surface area contributed by atoms with Gasteiger partial charge in [0.25, 0.3) is 0 Å². The molecule has 1 amide bonds. The Morgan fingerprint density at radius 3 is 2.61 bits per heavy atom. The van der Waals surface area contributed by atoms with E-state index in [0.29, 0.717) is 12.3 Å². The molecule has 0 radical (unpaired) electrons. The van der Waals surface area contributed by atoms with Gasteiger partial charge in [-0.1, -0.05) is 19.1 Å². The molecule has 2 aliphatic rings. The highest BCUT2D eigenvalue weighted by Gasteiger charge is 2.36. The fraction of sp³-hybridized carbons (Fsp3) is 0.786. The Kier molecular flexibility index (Phi) is 4.07. The van der Waals surface area contributed by atoms with Crippen LogP contribution in [0.15, 0.2) is 12.2 Å². The molecule has 4 heteroatoms. The highest BCUT2D eigenvalue weighted by atomic mass is 16.3. The Morgan fingerprint density at radius 2 is 2.11 bits per heavy atom. The highest BCUT2D eigenvalue weighted by Crippen LogP contribution is 2.32. The average molecular weight is 252 g/mol. The molecule has 18 heavy (non-hydrogen) atoms. The first-order valence-electron chi connectivity index (χ1n) is 6.91. The zero-order chi connectivity index (χ0) is 13.2. The number of rotatable bonds is 3. The van der Waals surface area contributed by atoms with Crippen molar-refractivity contribution in [2.45, 2.75) is 50.6 Å². The van der Waals surface area contributed by atoms with Crippen molar-refractivity contribution in [2.24, 2.45) is 17.6 Å². The van der Waals surface area contributed by atoms with E-state index in [1.54, 1.807) is 0 Å². The highest BCUT2D eigenvalue weighted by molar-refractivity contribution is 5.81. The molecule has 2 aliphatic carbocycles. The summed E-state index contributed by atoms with van der Waals surface area (Å²) in [5.74, 6) is 0.590. The van der Waals surface area contributed by atoms with E-state index in [4.69, 9.17) is 5.73 Å². The minimum absolute atomic E-state index is 0.00259. The Morgan fingerprint density at radius 1 is 1.44 bits per heavy atom. The Labute approximate surface area is 109 Å². The van der Waals surface area contributed by atoms with Crippen molar-refractivity contribution < 1.29 is 9.90 Å². The van der Waals surface area contributed by atoms with Crippen LogP contribution in [-0.2, 0) is 4.79 Å². The Bertz CT molecular complexity index is 333. The predicted octanol–water partition coefficient (Wildman–Crippen LogP) is 0.947. The number of amides is 1. The molecule has 1 fully saturated rings. The lowest BCUT2D eigenvalue weighted by Crippen LogP contribution is -2.54. The summed E-state index contributed by atoms with van der Waals surface area (Å²) in [4.78, 5) is 12.2. The second-order valence-corrected chi connectivity index (χ2v) is 6.00. The molecule has 4 N–H and O–H groups in total. The second-order valence-electron chi connectivity index (χ2n) is 6.00. The van der Waals surface area contributed by atoms with E-state index in [1.165, 1.54) is 0 Å². The number of nitrogens with one attached hydrogen (secondary N) is 1. The quantitative estimate of drug-likeness (QED) is 0.655. The summed E-state index contributed by atoms with van der Waals surface area (Å²) in [6.45, 7) is 2.26. The van der Waals surface area contributed by atoms with Crippen molar-refractivity contribution in [3.05, 3.63) is 12.2 Å². The predicted molar refractivity (Wildman–Crippen MR) is 70.8 cm³/mol. The number of carbonyl (C=O) groups is 1. The van der Waals surface area contributed by atoms with E-state index in [9.17, 15) is 9.90 Å². The van der Waals surface area contributed by atoms with Crippen LogP contribution in [-0.4, -0.2) is 29.2 Å². The van der Waals surface area contributed by atoms with Crippen LogP contribution in [0.5, 0.6) is 0 Å². The minimum atomic E-state index is -0.399. The van der Waals surface area contributed by atoms with Crippen LogP contribution >= 0.6 is 0 Å². The van der Waals surface area contributed by atoms with Gasteiger partial charge in [0.15, 0.2) is 0 Å². The van der Waals surface area contributed by atoms with E-state index in [0.717, 1.165) is 25.7 Å². The fourth-order valence-electron chi connectivity index (χ4n) is 2.91. The van der Waals surface area contributed by atoms with Gasteiger partial charge in [-0.25, -0.2) is 0 Å². The van der Waals surface area contributed by atoms with E-state index >= 15 is 0 Å². The first kappa shape index (κ1) is 13.6. The summed E-state index contributed by atoms with van der Waals surface area (Å²) in [5.41, 5.74) is 5.36. The Hall–Kier alpha value is -0.870. The number of carbonyl (C=O) groups excluding carboxylic acids is 1. The lowest BCUT2D eigenvalue weighted by Gasteiger charge is -2.39. The minimum Gasteiger partial charge on any atom is -0.394 e. The summed E-state index contributed by atoms with van der Waals surface area (Å²) < 4.78 is 0. The van der Waals surface area contributed by atoms with Crippen LogP contribution in [0.3, 0.4) is 0 Å². The van der Waals surface area contributed by atoms with Gasteiger partial charge in [-0.15, -0.1) is 0 Å². The second kappa shape index (κ2) is 5.41. The summed E-state index contributed by atoms with van der Waals surface area (Å²) in [7, 11) is 0. The van der Waals surface area contributed by atoms with Gasteiger partial charge in [0.1, 0.15) is 0 Å². The molecule has 0 spiro atoms. The molecular formula is C14H24N2O2. The van der Waals surface area contributed by atoms with Gasteiger partial charge in [0.05, 0.1) is 18.1 Å². The van der Waals surface area contributed by atoms with Gasteiger partial charge in [0, 0.05) is 6.04 Å². The van der Waals surface area contributed by atoms with Crippen molar-refractivity contribution >= 4 is 5.91 Å². The van der Waals surface area contributed by atoms with E-state index in [1.807, 2.05) is 12.2 Å². The molecule has 2 rings (SSSR count). The SMILES string of the molecule is CC1CCC(CO)(NC(=O)C2C=CC(N)C2)CC1. The van der Waals surface area contributed by atoms with Crippen molar-refractivity contribution in [2.75, 3.05) is 6.61 Å². The third kappa shape index (κ3) is 2.93. The van der Waals surface area contributed by atoms with Crippen LogP contribution in [0.2, 0.25) is 0 Å². The third-order valence-corrected chi connectivity index (χ3v) is 4.38. The van der Waals surface area contributed by atoms with Crippen molar-refractivity contribution in [3.8, 4) is 0 Å². The van der Waals surface area contributed by atoms with E-state index < -0.39 is 5.54 Å². The summed E-state index contributed by atoms with van der Waals surface area (Å²) in [6, 6.07) is -0.00259. The molecule has 0 aromatic rings. The zero-order valence-corrected chi connectivity index (χ0v) is 11.1. The zero-order valence-electron chi connectivity index (χ0n) is 11.1. The largest absolute Gasteiger partial charge is 0.394 e. The number of hydrogen-bond donors (Lipinski definition) is 3. The van der Waals surface area contributed by atoms with Gasteiger partial charge >= 0.3 is 0 Å². The van der Waals surface area contributed by atoms with Crippen molar-refractivity contribution in [1.29, 1.82) is 0 Å². The molecule has 1 saturated carbocycles. The molecule has 0 aromatic carbocycles. The molecule has 102 valence electrons. The number of aliphatic hydroxyl groups excluding tert-OH is 1. The van der Waals surface area contributed by atoms with Crippen LogP contribution in [0.1, 0.15) is 39.0 Å². The van der Waals surface area contributed by atoms with Crippen LogP contribution in [0.25, 0.3) is 0 Å². The van der Waals surface area contributed by atoms with Crippen molar-refractivity contribution in [3.63, 3.8) is 0 Å². The fourth-order valence-corrected chi connectivity index (χ4v) is 2.91. The number of nitrogens with two attached hydrogens (primary N) is 1. The molecular weight excluding hydrogens is 228 g/mol. The maximum atomic E-state index is 12.2. The van der Waals surface area contributed by atoms with Crippen LogP contribution in [0, 0.1) is 11.8 Å². The molecule has 4 nitrogen and oxygen atoms in total. The topological polar surface area (TPSA) is 75.3 Å². The van der Waals surface area contributed by atoms with Gasteiger partial charge in [0.2, 0.25) is 5.91 Å². The third-order valence-electron chi connectivity index (χ3n) is 4.38. The van der Waals surface area contributed by atoms with Crippen molar-refractivity contribution in [1.82, 2.24) is 5.32 Å². The lowest BCUT2D eigenvalue weighted by atomic mass is 9.77. The monoisotopic (exact) mass is 252 g/mol. The molecule has 2 unspecified atom stereocenters. The summed E-state index contributed by atoms with van der Waals surface area (Å²) in [6.07, 6.45) is 8.35. The summed E-state index contributed by atoms with van der Waals surface area (Å²) >= 11 is 0. The maximum absolute atomic E-state index is 12.2. The van der Waals surface area contributed by atoms with Gasteiger partial charge in [-0.2, -0.15) is 0 Å². The van der Waals surface area contributed by atoms with Gasteiger partial charge in [-0.05, 0) is 38.0 Å². The molecule has 2 atom stereocenters. The summed E-state index contributed by atoms with van der Waals surface area (Å²) in [5, 5.41) is 12.7. The van der Waals surface area contributed by atoms with E-state index in [-0.39, 0.29) is 24.5 Å². The standard InChI is InChI=1S/C14H24N2O2/c1-10-4-6-14(9-17,7-5-10)16-13(18)11-2-3-12(15)8-11/h2-3,10-12,17H,4-9,15H2,1H3,(H,16,18). The average Bonchev–Trinajstić information content (AvgIpc) is 2.79. The first-order chi connectivity index (χ1) is 8.54. The lowest BCUT2D eigenvalue weighted by molar-refractivity contribution is -0.127. The van der Waals surface area contributed by atoms with Gasteiger partial charge < -0.3 is 16.2 Å². The van der Waals surface area contributed by atoms with Crippen LogP contribution in [0.4, 0.5) is 0 Å². The molecule has 0 saturated heterocycles. The molecule has 0 aliphatic heterocycles. The maximum Gasteiger partial charge on any atom is 0.227 e. The molecule has 0 heterocycles. The van der Waals surface area contributed by atoms with Gasteiger partial charge in [-0.3, -0.25) is 4.79 Å². The molecule has 0 bridgehead atoms. The normalized spacial score (nSPS) is 39.8. The molecule has 0 aromatic heterocycles. The number of aliphatic hydroxyl groups is 1. The van der Waals surface area contributed by atoms with Crippen LogP contribution < -0.4 is 11.1 Å². The Balaban J connectivity index is 1.94. The number of hydrogen-bond acceptors (Lipinski definition) is 3.